The number of rotatable bonds is 1. The van der Waals surface area contributed by atoms with Crippen LogP contribution in [0.2, 0.25) is 0 Å². The predicted octanol–water partition coefficient (Wildman–Crippen LogP) is 5.23. The molecule has 0 unspecified atom stereocenters. The molecule has 31 heavy (non-hydrogen) atoms. The smallest absolute Gasteiger partial charge is 0.248 e. The van der Waals surface area contributed by atoms with Gasteiger partial charge in [0, 0.05) is 11.8 Å². The lowest BCUT2D eigenvalue weighted by Gasteiger charge is -2.12. The van der Waals surface area contributed by atoms with E-state index in [4.69, 9.17) is 0 Å². The fourth-order valence-electron chi connectivity index (χ4n) is 2.80. The number of pyridine rings is 1. The molecule has 0 aliphatic carbocycles. The van der Waals surface area contributed by atoms with Gasteiger partial charge < -0.3 is 0 Å². The summed E-state index contributed by atoms with van der Waals surface area (Å²) < 4.78 is 79.8. The molecule has 1 aromatic carbocycles. The van der Waals surface area contributed by atoms with E-state index in [0.29, 0.717) is 10.2 Å². The largest absolute Gasteiger partial charge is 0.433 e. The van der Waals surface area contributed by atoms with Gasteiger partial charge in [-0.3, -0.25) is 0 Å². The Bertz CT molecular complexity index is 1290. The van der Waals surface area contributed by atoms with Crippen LogP contribution in [0.25, 0.3) is 16.9 Å². The van der Waals surface area contributed by atoms with Gasteiger partial charge in [-0.25, -0.2) is 14.5 Å². The average molecular weight is 432 g/mol. The van der Waals surface area contributed by atoms with E-state index >= 15 is 0 Å². The summed E-state index contributed by atoms with van der Waals surface area (Å²) in [5.74, 6) is 5.42. The number of hydrogen-bond donors (Lipinski definition) is 0. The van der Waals surface area contributed by atoms with Gasteiger partial charge in [-0.15, -0.1) is 0 Å². The zero-order chi connectivity index (χ0) is 22.2. The minimum Gasteiger partial charge on any atom is -0.248 e. The third kappa shape index (κ3) is 4.21. The van der Waals surface area contributed by atoms with Crippen molar-refractivity contribution < 1.29 is 26.3 Å². The lowest BCUT2D eigenvalue weighted by molar-refractivity contribution is -0.142. The molecule has 156 valence electrons. The Morgan fingerprint density at radius 1 is 0.839 bits per heavy atom. The molecule has 0 N–H and O–H groups in total. The number of fused-ring (bicyclic) bond motifs is 1. The molecule has 3 aromatic heterocycles. The van der Waals surface area contributed by atoms with Crippen LogP contribution >= 0.6 is 0 Å². The molecule has 4 aromatic rings. The van der Waals surface area contributed by atoms with Crippen LogP contribution in [0.1, 0.15) is 22.5 Å². The molecular weight excluding hydrogens is 422 g/mol. The Hall–Kier alpha value is -3.87. The molecular formula is C21H10F6N4. The van der Waals surface area contributed by atoms with E-state index in [0.717, 1.165) is 36.5 Å². The lowest BCUT2D eigenvalue weighted by Crippen LogP contribution is -2.13. The number of nitrogens with zero attached hydrogens (tertiary/aromatic N) is 4. The van der Waals surface area contributed by atoms with Crippen LogP contribution in [0, 0.1) is 11.8 Å². The molecule has 0 aliphatic rings. The molecule has 0 amide bonds. The van der Waals surface area contributed by atoms with Gasteiger partial charge in [-0.2, -0.15) is 31.4 Å². The molecule has 0 atom stereocenters. The minimum atomic E-state index is -4.78. The Morgan fingerprint density at radius 3 is 2.19 bits per heavy atom. The van der Waals surface area contributed by atoms with Crippen LogP contribution in [0.3, 0.4) is 0 Å². The Labute approximate surface area is 171 Å². The first-order valence-corrected chi connectivity index (χ1v) is 8.69. The van der Waals surface area contributed by atoms with Crippen molar-refractivity contribution in [1.82, 2.24) is 19.6 Å². The summed E-state index contributed by atoms with van der Waals surface area (Å²) in [6.45, 7) is 0. The molecule has 0 fully saturated rings. The monoisotopic (exact) mass is 432 g/mol. The summed E-state index contributed by atoms with van der Waals surface area (Å²) in [5.41, 5.74) is -1.77. The van der Waals surface area contributed by atoms with E-state index in [1.807, 2.05) is 0 Å². The summed E-state index contributed by atoms with van der Waals surface area (Å²) >= 11 is 0. The topological polar surface area (TPSA) is 43.1 Å². The van der Waals surface area contributed by atoms with Gasteiger partial charge in [0.2, 0.25) is 0 Å². The van der Waals surface area contributed by atoms with Gasteiger partial charge in [0.15, 0.2) is 11.3 Å². The molecule has 0 bridgehead atoms. The summed E-state index contributed by atoms with van der Waals surface area (Å²) in [6.07, 6.45) is -6.68. The second kappa shape index (κ2) is 7.43. The van der Waals surface area contributed by atoms with E-state index in [1.165, 1.54) is 6.20 Å². The molecule has 0 aliphatic heterocycles. The van der Waals surface area contributed by atoms with E-state index < -0.39 is 23.6 Å². The molecule has 4 nitrogen and oxygen atoms in total. The van der Waals surface area contributed by atoms with Crippen molar-refractivity contribution in [2.24, 2.45) is 0 Å². The highest BCUT2D eigenvalue weighted by atomic mass is 19.4. The zero-order valence-corrected chi connectivity index (χ0v) is 15.3. The summed E-state index contributed by atoms with van der Waals surface area (Å²) in [7, 11) is 0. The molecule has 4 rings (SSSR count). The number of hydrogen-bond acceptors (Lipinski definition) is 3. The van der Waals surface area contributed by atoms with Crippen LogP contribution in [-0.4, -0.2) is 19.6 Å². The molecule has 0 spiro atoms. The molecule has 3 heterocycles. The number of alkyl halides is 6. The second-order valence-electron chi connectivity index (χ2n) is 6.36. The summed E-state index contributed by atoms with van der Waals surface area (Å²) in [6, 6.07) is 9.46. The van der Waals surface area contributed by atoms with Crippen LogP contribution in [0.4, 0.5) is 26.3 Å². The highest BCUT2D eigenvalue weighted by molar-refractivity contribution is 5.66. The fourth-order valence-corrected chi connectivity index (χ4v) is 2.80. The van der Waals surface area contributed by atoms with Gasteiger partial charge in [0.1, 0.15) is 5.69 Å². The third-order valence-electron chi connectivity index (χ3n) is 4.26. The van der Waals surface area contributed by atoms with Crippen molar-refractivity contribution >= 4 is 5.65 Å². The lowest BCUT2D eigenvalue weighted by atomic mass is 10.1. The van der Waals surface area contributed by atoms with E-state index in [9.17, 15) is 26.3 Å². The van der Waals surface area contributed by atoms with E-state index in [2.05, 4.69) is 26.9 Å². The van der Waals surface area contributed by atoms with Gasteiger partial charge in [-0.05, 0) is 36.3 Å². The zero-order valence-electron chi connectivity index (χ0n) is 15.3. The highest BCUT2D eigenvalue weighted by Gasteiger charge is 2.36. The number of halogens is 6. The predicted molar refractivity (Wildman–Crippen MR) is 98.6 cm³/mol. The van der Waals surface area contributed by atoms with Gasteiger partial charge in [0.05, 0.1) is 23.0 Å². The second-order valence-corrected chi connectivity index (χ2v) is 6.36. The Balaban J connectivity index is 1.86. The SMILES string of the molecule is FC(F)(F)c1ccc(-c2cc(C(F)(F)F)n3ncc(C#Cc4ccccn4)c3n2)cc1. The summed E-state index contributed by atoms with van der Waals surface area (Å²) in [5, 5.41) is 3.74. The minimum absolute atomic E-state index is 0.0887. The molecule has 0 saturated carbocycles. The molecule has 0 radical (unpaired) electrons. The number of benzene rings is 1. The maximum atomic E-state index is 13.6. The van der Waals surface area contributed by atoms with Gasteiger partial charge >= 0.3 is 12.4 Å². The van der Waals surface area contributed by atoms with E-state index in [-0.39, 0.29) is 22.5 Å². The van der Waals surface area contributed by atoms with Gasteiger partial charge in [0.25, 0.3) is 0 Å². The van der Waals surface area contributed by atoms with Crippen molar-refractivity contribution in [3.63, 3.8) is 0 Å². The average Bonchev–Trinajstić information content (AvgIpc) is 3.14. The highest BCUT2D eigenvalue weighted by Crippen LogP contribution is 2.34. The van der Waals surface area contributed by atoms with E-state index in [1.54, 1.807) is 18.2 Å². The first kappa shape index (κ1) is 20.4. The standard InChI is InChI=1S/C21H10F6N4/c22-20(23,24)15-7-4-13(5-8-15)17-11-18(21(25,26)27)31-19(30-17)14(12-29-31)6-9-16-3-1-2-10-28-16/h1-5,7-8,10-12H. The normalized spacial score (nSPS) is 11.9. The molecule has 0 saturated heterocycles. The van der Waals surface area contributed by atoms with Crippen molar-refractivity contribution in [1.29, 1.82) is 0 Å². The van der Waals surface area contributed by atoms with Gasteiger partial charge in [-0.1, -0.05) is 24.1 Å². The summed E-state index contributed by atoms with van der Waals surface area (Å²) in [4.78, 5) is 8.20. The maximum Gasteiger partial charge on any atom is 0.433 e. The first-order chi connectivity index (χ1) is 14.6. The molecule has 10 heteroatoms. The van der Waals surface area contributed by atoms with Crippen molar-refractivity contribution in [2.75, 3.05) is 0 Å². The number of aromatic nitrogens is 4. The maximum absolute atomic E-state index is 13.6. The van der Waals surface area contributed by atoms with Crippen LogP contribution in [0.5, 0.6) is 0 Å². The van der Waals surface area contributed by atoms with Crippen molar-refractivity contribution in [3.05, 3.63) is 83.4 Å². The van der Waals surface area contributed by atoms with Crippen LogP contribution in [-0.2, 0) is 12.4 Å². The van der Waals surface area contributed by atoms with Crippen molar-refractivity contribution in [2.45, 2.75) is 12.4 Å². The van der Waals surface area contributed by atoms with Crippen LogP contribution in [0.15, 0.2) is 60.9 Å². The quantitative estimate of drug-likeness (QED) is 0.306. The Morgan fingerprint density at radius 2 is 1.58 bits per heavy atom. The fraction of sp³-hybridized carbons (Fsp3) is 0.0952. The first-order valence-electron chi connectivity index (χ1n) is 8.69. The third-order valence-corrected chi connectivity index (χ3v) is 4.26. The van der Waals surface area contributed by atoms with Crippen molar-refractivity contribution in [3.8, 4) is 23.1 Å². The van der Waals surface area contributed by atoms with Crippen LogP contribution < -0.4 is 0 Å². The Kier molecular flexibility index (Phi) is 4.89.